The average molecular weight is 365 g/mol. The van der Waals surface area contributed by atoms with Gasteiger partial charge >= 0.3 is 0 Å². The first-order valence-corrected chi connectivity index (χ1v) is 7.66. The molecule has 1 amide bonds. The first kappa shape index (κ1) is 17.5. The Bertz CT molecular complexity index is 854. The fourth-order valence-corrected chi connectivity index (χ4v) is 2.40. The number of rotatable bonds is 5. The van der Waals surface area contributed by atoms with E-state index in [4.69, 9.17) is 22.6 Å². The van der Waals surface area contributed by atoms with E-state index in [1.54, 1.807) is 0 Å². The molecule has 0 unspecified atom stereocenters. The molecule has 0 aliphatic carbocycles. The molecule has 0 bridgehead atoms. The molecule has 122 valence electrons. The third-order valence-electron chi connectivity index (χ3n) is 2.68. The van der Waals surface area contributed by atoms with Crippen LogP contribution in [0.3, 0.4) is 0 Å². The molecule has 11 heteroatoms. The molecule has 0 radical (unpaired) electrons. The second-order valence-electron chi connectivity index (χ2n) is 4.32. The van der Waals surface area contributed by atoms with E-state index in [1.165, 1.54) is 24.4 Å². The van der Waals surface area contributed by atoms with E-state index in [9.17, 15) is 14.9 Å². The van der Waals surface area contributed by atoms with Gasteiger partial charge in [0.25, 0.3) is 5.69 Å². The van der Waals surface area contributed by atoms with Gasteiger partial charge in [-0.3, -0.25) is 14.9 Å². The Labute approximate surface area is 145 Å². The minimum Gasteiger partial charge on any atom is -0.382 e. The third kappa shape index (κ3) is 4.31. The van der Waals surface area contributed by atoms with Crippen LogP contribution in [0.4, 0.5) is 17.2 Å². The van der Waals surface area contributed by atoms with Crippen LogP contribution in [-0.4, -0.2) is 26.6 Å². The number of nitrogens with one attached hydrogen (secondary N) is 1. The molecular weight excluding hydrogens is 356 g/mol. The van der Waals surface area contributed by atoms with Gasteiger partial charge in [0, 0.05) is 11.8 Å². The van der Waals surface area contributed by atoms with Crippen LogP contribution in [0.2, 0.25) is 5.02 Å². The van der Waals surface area contributed by atoms with Gasteiger partial charge in [-0.15, -0.1) is 0 Å². The Morgan fingerprint density at radius 2 is 2.29 bits per heavy atom. The number of nitro benzene ring substituents is 1. The predicted molar refractivity (Wildman–Crippen MR) is 88.6 cm³/mol. The standard InChI is InChI=1S/C13H9ClN6O3S/c14-9-2-1-8(3-10(9)20(22)23)18-11(21)6-24-13-17-5-7(4-15)12(16)19-13/h1-3,5H,6H2,(H,18,21)(H2,16,17,19). The zero-order valence-corrected chi connectivity index (χ0v) is 13.5. The van der Waals surface area contributed by atoms with E-state index in [1.807, 2.05) is 6.07 Å². The molecule has 3 N–H and O–H groups in total. The summed E-state index contributed by atoms with van der Waals surface area (Å²) in [6, 6.07) is 5.78. The molecule has 0 aliphatic rings. The summed E-state index contributed by atoms with van der Waals surface area (Å²) in [5.41, 5.74) is 5.65. The summed E-state index contributed by atoms with van der Waals surface area (Å²) in [5, 5.41) is 22.3. The molecule has 0 fully saturated rings. The fraction of sp³-hybridized carbons (Fsp3) is 0.0769. The van der Waals surface area contributed by atoms with E-state index in [-0.39, 0.29) is 38.7 Å². The number of thioether (sulfide) groups is 1. The SMILES string of the molecule is N#Cc1cnc(SCC(=O)Nc2ccc(Cl)c([N+](=O)[O-])c2)nc1N. The number of nitriles is 1. The number of benzene rings is 1. The van der Waals surface area contributed by atoms with E-state index >= 15 is 0 Å². The van der Waals surface area contributed by atoms with Gasteiger partial charge in [-0.1, -0.05) is 23.4 Å². The van der Waals surface area contributed by atoms with Crippen molar-refractivity contribution < 1.29 is 9.72 Å². The largest absolute Gasteiger partial charge is 0.382 e. The molecule has 9 nitrogen and oxygen atoms in total. The zero-order chi connectivity index (χ0) is 17.7. The number of hydrogen-bond acceptors (Lipinski definition) is 8. The van der Waals surface area contributed by atoms with Crippen LogP contribution in [0.25, 0.3) is 0 Å². The van der Waals surface area contributed by atoms with Gasteiger partial charge < -0.3 is 11.1 Å². The molecule has 24 heavy (non-hydrogen) atoms. The van der Waals surface area contributed by atoms with Crippen LogP contribution < -0.4 is 11.1 Å². The fourth-order valence-electron chi connectivity index (χ4n) is 1.59. The monoisotopic (exact) mass is 364 g/mol. The lowest BCUT2D eigenvalue weighted by Gasteiger charge is -2.05. The van der Waals surface area contributed by atoms with Crippen LogP contribution in [0.5, 0.6) is 0 Å². The highest BCUT2D eigenvalue weighted by molar-refractivity contribution is 7.99. The summed E-state index contributed by atoms with van der Waals surface area (Å²) in [7, 11) is 0. The van der Waals surface area contributed by atoms with Crippen molar-refractivity contribution in [1.82, 2.24) is 9.97 Å². The van der Waals surface area contributed by atoms with Crippen molar-refractivity contribution in [2.45, 2.75) is 5.16 Å². The van der Waals surface area contributed by atoms with Crippen molar-refractivity contribution in [2.24, 2.45) is 0 Å². The lowest BCUT2D eigenvalue weighted by molar-refractivity contribution is -0.384. The quantitative estimate of drug-likeness (QED) is 0.355. The van der Waals surface area contributed by atoms with E-state index < -0.39 is 10.8 Å². The first-order valence-electron chi connectivity index (χ1n) is 6.30. The van der Waals surface area contributed by atoms with Crippen LogP contribution in [-0.2, 0) is 4.79 Å². The Hall–Kier alpha value is -2.90. The first-order chi connectivity index (χ1) is 11.4. The van der Waals surface area contributed by atoms with Crippen molar-refractivity contribution in [3.8, 4) is 6.07 Å². The minimum atomic E-state index is -0.639. The summed E-state index contributed by atoms with van der Waals surface area (Å²) in [4.78, 5) is 29.8. The Balaban J connectivity index is 1.99. The number of nitrogens with two attached hydrogens (primary N) is 1. The van der Waals surface area contributed by atoms with Crippen LogP contribution in [0.1, 0.15) is 5.56 Å². The normalized spacial score (nSPS) is 10.0. The van der Waals surface area contributed by atoms with Crippen molar-refractivity contribution in [2.75, 3.05) is 16.8 Å². The lowest BCUT2D eigenvalue weighted by Crippen LogP contribution is -2.14. The lowest BCUT2D eigenvalue weighted by atomic mass is 10.3. The maximum atomic E-state index is 11.9. The summed E-state index contributed by atoms with van der Waals surface area (Å²) in [6.45, 7) is 0. The van der Waals surface area contributed by atoms with E-state index in [0.717, 1.165) is 11.8 Å². The maximum Gasteiger partial charge on any atom is 0.289 e. The Morgan fingerprint density at radius 1 is 1.54 bits per heavy atom. The highest BCUT2D eigenvalue weighted by Crippen LogP contribution is 2.27. The number of amides is 1. The Morgan fingerprint density at radius 3 is 2.92 bits per heavy atom. The topological polar surface area (TPSA) is 148 Å². The van der Waals surface area contributed by atoms with E-state index in [0.29, 0.717) is 0 Å². The number of carbonyl (C=O) groups excluding carboxylic acids is 1. The summed E-state index contributed by atoms with van der Waals surface area (Å²) in [5.74, 6) is -0.422. The number of nitro groups is 1. The molecular formula is C13H9ClN6O3S. The van der Waals surface area contributed by atoms with Gasteiger partial charge in [0.15, 0.2) is 5.16 Å². The third-order valence-corrected chi connectivity index (χ3v) is 3.86. The van der Waals surface area contributed by atoms with Gasteiger partial charge in [0.05, 0.1) is 16.9 Å². The smallest absolute Gasteiger partial charge is 0.289 e. The molecule has 1 aromatic carbocycles. The molecule has 1 aromatic heterocycles. The van der Waals surface area contributed by atoms with Crippen molar-refractivity contribution in [1.29, 1.82) is 5.26 Å². The van der Waals surface area contributed by atoms with Crippen LogP contribution in [0.15, 0.2) is 29.6 Å². The molecule has 0 atom stereocenters. The molecule has 0 spiro atoms. The van der Waals surface area contributed by atoms with Crippen molar-refractivity contribution >= 4 is 46.5 Å². The van der Waals surface area contributed by atoms with Gasteiger partial charge in [0.2, 0.25) is 5.91 Å². The minimum absolute atomic E-state index is 0.0196. The number of nitrogens with zero attached hydrogens (tertiary/aromatic N) is 4. The highest BCUT2D eigenvalue weighted by Gasteiger charge is 2.14. The Kier molecular flexibility index (Phi) is 5.51. The molecule has 2 aromatic rings. The number of nitrogen functional groups attached to an aromatic ring is 1. The highest BCUT2D eigenvalue weighted by atomic mass is 35.5. The van der Waals surface area contributed by atoms with E-state index in [2.05, 4.69) is 15.3 Å². The van der Waals surface area contributed by atoms with Crippen molar-refractivity contribution in [3.05, 3.63) is 45.1 Å². The molecule has 1 heterocycles. The summed E-state index contributed by atoms with van der Waals surface area (Å²) >= 11 is 6.71. The zero-order valence-electron chi connectivity index (χ0n) is 11.9. The molecule has 0 saturated heterocycles. The van der Waals surface area contributed by atoms with Crippen LogP contribution >= 0.6 is 23.4 Å². The second-order valence-corrected chi connectivity index (χ2v) is 5.67. The molecule has 0 saturated carbocycles. The van der Waals surface area contributed by atoms with Gasteiger partial charge in [-0.2, -0.15) is 5.26 Å². The van der Waals surface area contributed by atoms with Crippen LogP contribution in [0, 0.1) is 21.4 Å². The number of anilines is 2. The van der Waals surface area contributed by atoms with Gasteiger partial charge in [0.1, 0.15) is 22.5 Å². The summed E-state index contributed by atoms with van der Waals surface area (Å²) in [6.07, 6.45) is 1.27. The second kappa shape index (κ2) is 7.58. The molecule has 0 aliphatic heterocycles. The van der Waals surface area contributed by atoms with Gasteiger partial charge in [-0.05, 0) is 12.1 Å². The number of halogens is 1. The number of carbonyl (C=O) groups is 1. The summed E-state index contributed by atoms with van der Waals surface area (Å²) < 4.78 is 0. The molecule has 2 rings (SSSR count). The average Bonchev–Trinajstić information content (AvgIpc) is 2.54. The number of hydrogen-bond donors (Lipinski definition) is 2. The maximum absolute atomic E-state index is 11.9. The predicted octanol–water partition coefficient (Wildman–Crippen LogP) is 2.22. The van der Waals surface area contributed by atoms with Crippen molar-refractivity contribution in [3.63, 3.8) is 0 Å². The van der Waals surface area contributed by atoms with Gasteiger partial charge in [-0.25, -0.2) is 9.97 Å². The number of aromatic nitrogens is 2.